The molecule has 1 aromatic heterocycles. The molecule has 2 N–H and O–H groups in total. The first kappa shape index (κ1) is 14.9. The molecule has 0 spiro atoms. The Morgan fingerprint density at radius 3 is 2.76 bits per heavy atom. The molecular weight excluding hydrogens is 298 g/mol. The number of hydrogen-bond acceptors (Lipinski definition) is 8. The van der Waals surface area contributed by atoms with Gasteiger partial charge in [-0.25, -0.2) is 9.78 Å². The fraction of sp³-hybridized carbons (Fsp3) is 0.167. The smallest absolute Gasteiger partial charge is 0.369 e. The SMILES string of the molecule is COc1cc(C)c([N+](=O)[O-])c(-c2ncsc2C(=O)ON)c1. The van der Waals surface area contributed by atoms with Crippen LogP contribution in [0.25, 0.3) is 11.3 Å². The maximum Gasteiger partial charge on any atom is 0.369 e. The molecule has 1 aromatic carbocycles. The minimum atomic E-state index is -0.803. The average Bonchev–Trinajstić information content (AvgIpc) is 2.94. The topological polar surface area (TPSA) is 118 Å². The summed E-state index contributed by atoms with van der Waals surface area (Å²) in [7, 11) is 1.44. The van der Waals surface area contributed by atoms with Crippen molar-refractivity contribution in [1.29, 1.82) is 0 Å². The summed E-state index contributed by atoms with van der Waals surface area (Å²) in [6.07, 6.45) is 0. The number of ether oxygens (including phenoxy) is 1. The van der Waals surface area contributed by atoms with Gasteiger partial charge in [0, 0.05) is 5.56 Å². The zero-order valence-electron chi connectivity index (χ0n) is 11.2. The summed E-state index contributed by atoms with van der Waals surface area (Å²) in [5, 5.41) is 11.3. The van der Waals surface area contributed by atoms with E-state index in [1.165, 1.54) is 24.8 Å². The largest absolute Gasteiger partial charge is 0.497 e. The van der Waals surface area contributed by atoms with E-state index in [1.54, 1.807) is 6.92 Å². The lowest BCUT2D eigenvalue weighted by atomic mass is 10.0. The lowest BCUT2D eigenvalue weighted by Gasteiger charge is -2.08. The number of rotatable bonds is 4. The zero-order chi connectivity index (χ0) is 15.6. The van der Waals surface area contributed by atoms with Gasteiger partial charge in [-0.1, -0.05) is 0 Å². The minimum absolute atomic E-state index is 0.0910. The van der Waals surface area contributed by atoms with Crippen LogP contribution in [0.15, 0.2) is 17.6 Å². The molecule has 2 rings (SSSR count). The van der Waals surface area contributed by atoms with E-state index in [0.29, 0.717) is 11.3 Å². The van der Waals surface area contributed by atoms with E-state index < -0.39 is 10.9 Å². The van der Waals surface area contributed by atoms with Gasteiger partial charge in [-0.05, 0) is 19.1 Å². The van der Waals surface area contributed by atoms with Crippen molar-refractivity contribution in [3.05, 3.63) is 38.2 Å². The molecule has 2 aromatic rings. The van der Waals surface area contributed by atoms with E-state index in [1.807, 2.05) is 0 Å². The number of carbonyl (C=O) groups excluding carboxylic acids is 1. The van der Waals surface area contributed by atoms with Crippen molar-refractivity contribution in [3.63, 3.8) is 0 Å². The normalized spacial score (nSPS) is 10.2. The van der Waals surface area contributed by atoms with Gasteiger partial charge in [0.1, 0.15) is 16.3 Å². The van der Waals surface area contributed by atoms with Gasteiger partial charge in [-0.3, -0.25) is 10.1 Å². The molecule has 0 unspecified atom stereocenters. The van der Waals surface area contributed by atoms with Gasteiger partial charge < -0.3 is 9.57 Å². The summed E-state index contributed by atoms with van der Waals surface area (Å²) in [6, 6.07) is 2.99. The molecule has 0 fully saturated rings. The predicted molar refractivity (Wildman–Crippen MR) is 75.1 cm³/mol. The molecule has 8 nitrogen and oxygen atoms in total. The van der Waals surface area contributed by atoms with Crippen molar-refractivity contribution >= 4 is 23.0 Å². The molecule has 110 valence electrons. The third-order valence-electron chi connectivity index (χ3n) is 2.81. The molecular formula is C12H11N3O5S. The number of nitrogens with two attached hydrogens (primary N) is 1. The molecule has 0 saturated heterocycles. The number of thiazole rings is 1. The highest BCUT2D eigenvalue weighted by molar-refractivity contribution is 7.12. The molecule has 0 radical (unpaired) electrons. The van der Waals surface area contributed by atoms with E-state index >= 15 is 0 Å². The summed E-state index contributed by atoms with van der Waals surface area (Å²) in [6.45, 7) is 1.58. The van der Waals surface area contributed by atoms with Crippen LogP contribution in [0.3, 0.4) is 0 Å². The van der Waals surface area contributed by atoms with Crippen LogP contribution >= 0.6 is 11.3 Å². The van der Waals surface area contributed by atoms with E-state index in [0.717, 1.165) is 11.3 Å². The van der Waals surface area contributed by atoms with Crippen LogP contribution in [-0.2, 0) is 4.84 Å². The first-order chi connectivity index (χ1) is 9.99. The number of carbonyl (C=O) groups is 1. The molecule has 21 heavy (non-hydrogen) atoms. The molecule has 9 heteroatoms. The quantitative estimate of drug-likeness (QED) is 0.678. The highest BCUT2D eigenvalue weighted by Gasteiger charge is 2.26. The highest BCUT2D eigenvalue weighted by atomic mass is 32.1. The third kappa shape index (κ3) is 2.69. The van der Waals surface area contributed by atoms with Crippen molar-refractivity contribution < 1.29 is 19.3 Å². The lowest BCUT2D eigenvalue weighted by Crippen LogP contribution is -2.10. The van der Waals surface area contributed by atoms with Crippen LogP contribution in [0.5, 0.6) is 5.75 Å². The van der Waals surface area contributed by atoms with Crippen LogP contribution < -0.4 is 10.6 Å². The second kappa shape index (κ2) is 5.85. The van der Waals surface area contributed by atoms with E-state index in [-0.39, 0.29) is 21.8 Å². The van der Waals surface area contributed by atoms with Crippen LogP contribution in [0, 0.1) is 17.0 Å². The van der Waals surface area contributed by atoms with Gasteiger partial charge in [0.25, 0.3) is 5.69 Å². The maximum atomic E-state index is 11.6. The number of hydrogen-bond donors (Lipinski definition) is 1. The fourth-order valence-electron chi connectivity index (χ4n) is 1.92. The number of nitro groups is 1. The van der Waals surface area contributed by atoms with Gasteiger partial charge in [0.05, 0.1) is 23.1 Å². The van der Waals surface area contributed by atoms with Gasteiger partial charge in [0.15, 0.2) is 0 Å². The standard InChI is InChI=1S/C12H11N3O5S/c1-6-3-7(19-2)4-8(10(6)15(17)18)9-11(12(16)20-13)21-5-14-9/h3-5H,13H2,1-2H3. The Morgan fingerprint density at radius 1 is 1.48 bits per heavy atom. The number of benzene rings is 1. The Morgan fingerprint density at radius 2 is 2.19 bits per heavy atom. The van der Waals surface area contributed by atoms with Gasteiger partial charge in [0.2, 0.25) is 0 Å². The zero-order valence-corrected chi connectivity index (χ0v) is 12.0. The summed E-state index contributed by atoms with van der Waals surface area (Å²) < 4.78 is 5.11. The van der Waals surface area contributed by atoms with Gasteiger partial charge >= 0.3 is 5.97 Å². The molecule has 0 bridgehead atoms. The monoisotopic (exact) mass is 309 g/mol. The van der Waals surface area contributed by atoms with Gasteiger partial charge in [-0.2, -0.15) is 5.90 Å². The van der Waals surface area contributed by atoms with Crippen molar-refractivity contribution in [3.8, 4) is 17.0 Å². The predicted octanol–water partition coefficient (Wildman–Crippen LogP) is 2.07. The Bertz CT molecular complexity index is 713. The van der Waals surface area contributed by atoms with Crippen molar-refractivity contribution in [2.24, 2.45) is 5.90 Å². The Labute approximate surface area is 123 Å². The molecule has 1 heterocycles. The second-order valence-corrected chi connectivity index (χ2v) is 4.89. The highest BCUT2D eigenvalue weighted by Crippen LogP contribution is 2.38. The number of nitrogens with zero attached hydrogens (tertiary/aromatic N) is 2. The summed E-state index contributed by atoms with van der Waals surface area (Å²) >= 11 is 0.988. The molecule has 0 saturated carbocycles. The second-order valence-electron chi connectivity index (χ2n) is 4.03. The maximum absolute atomic E-state index is 11.6. The first-order valence-electron chi connectivity index (χ1n) is 5.67. The average molecular weight is 309 g/mol. The van der Waals surface area contributed by atoms with Gasteiger partial charge in [-0.15, -0.1) is 11.3 Å². The Balaban J connectivity index is 2.73. The summed E-state index contributed by atoms with van der Waals surface area (Å²) in [5.41, 5.74) is 1.96. The van der Waals surface area contributed by atoms with E-state index in [4.69, 9.17) is 10.6 Å². The molecule has 0 amide bonds. The number of methoxy groups -OCH3 is 1. The summed E-state index contributed by atoms with van der Waals surface area (Å²) in [4.78, 5) is 30.7. The molecule has 0 aliphatic carbocycles. The fourth-order valence-corrected chi connectivity index (χ4v) is 2.61. The minimum Gasteiger partial charge on any atom is -0.497 e. The number of aryl methyl sites for hydroxylation is 1. The van der Waals surface area contributed by atoms with Crippen LogP contribution in [-0.4, -0.2) is 23.0 Å². The Kier molecular flexibility index (Phi) is 4.15. The van der Waals surface area contributed by atoms with Crippen LogP contribution in [0.4, 0.5) is 5.69 Å². The molecule has 0 aliphatic heterocycles. The van der Waals surface area contributed by atoms with Crippen molar-refractivity contribution in [1.82, 2.24) is 4.98 Å². The first-order valence-corrected chi connectivity index (χ1v) is 6.55. The third-order valence-corrected chi connectivity index (χ3v) is 3.61. The van der Waals surface area contributed by atoms with Crippen molar-refractivity contribution in [2.45, 2.75) is 6.92 Å². The Hall–Kier alpha value is -2.52. The van der Waals surface area contributed by atoms with E-state index in [2.05, 4.69) is 9.82 Å². The van der Waals surface area contributed by atoms with E-state index in [9.17, 15) is 14.9 Å². The van der Waals surface area contributed by atoms with Crippen molar-refractivity contribution in [2.75, 3.05) is 7.11 Å². The lowest BCUT2D eigenvalue weighted by molar-refractivity contribution is -0.384. The van der Waals surface area contributed by atoms with Crippen LogP contribution in [0.1, 0.15) is 15.2 Å². The molecule has 0 aliphatic rings. The molecule has 0 atom stereocenters. The van der Waals surface area contributed by atoms with Crippen LogP contribution in [0.2, 0.25) is 0 Å². The number of nitro benzene ring substituents is 1. The summed E-state index contributed by atoms with van der Waals surface area (Å²) in [5.74, 6) is 4.49. The number of aromatic nitrogens is 1.